The van der Waals surface area contributed by atoms with Gasteiger partial charge in [-0.15, -0.1) is 0 Å². The van der Waals surface area contributed by atoms with E-state index < -0.39 is 0 Å². The standard InChI is InChI=1S/C17H28N2O/c1-3-19(14-16-7-9-18-10-8-16)11-12-20-17-6-4-5-15(2)13-17/h4-6,13,16,18H,3,7-12,14H2,1-2H3. The van der Waals surface area contributed by atoms with Crippen LogP contribution in [0.5, 0.6) is 5.75 Å². The van der Waals surface area contributed by atoms with Gasteiger partial charge in [0, 0.05) is 13.1 Å². The molecule has 0 saturated carbocycles. The first-order chi connectivity index (χ1) is 9.78. The van der Waals surface area contributed by atoms with Crippen LogP contribution in [0.3, 0.4) is 0 Å². The van der Waals surface area contributed by atoms with Crippen molar-refractivity contribution < 1.29 is 4.74 Å². The number of aryl methyl sites for hydroxylation is 1. The van der Waals surface area contributed by atoms with Crippen molar-refractivity contribution in [1.29, 1.82) is 0 Å². The number of hydrogen-bond acceptors (Lipinski definition) is 3. The molecule has 1 aliphatic rings. The van der Waals surface area contributed by atoms with Crippen LogP contribution in [-0.2, 0) is 0 Å². The van der Waals surface area contributed by atoms with Crippen molar-refractivity contribution in [3.05, 3.63) is 29.8 Å². The van der Waals surface area contributed by atoms with E-state index in [-0.39, 0.29) is 0 Å². The first-order valence-corrected chi connectivity index (χ1v) is 7.90. The maximum atomic E-state index is 5.85. The Morgan fingerprint density at radius 1 is 1.30 bits per heavy atom. The summed E-state index contributed by atoms with van der Waals surface area (Å²) in [7, 11) is 0. The molecule has 0 bridgehead atoms. The molecule has 0 spiro atoms. The molecular formula is C17H28N2O. The zero-order valence-electron chi connectivity index (χ0n) is 12.9. The van der Waals surface area contributed by atoms with E-state index in [0.29, 0.717) is 0 Å². The molecule has 1 fully saturated rings. The lowest BCUT2D eigenvalue weighted by molar-refractivity contribution is 0.178. The molecular weight excluding hydrogens is 248 g/mol. The van der Waals surface area contributed by atoms with Gasteiger partial charge < -0.3 is 10.1 Å². The van der Waals surface area contributed by atoms with Crippen LogP contribution in [0.1, 0.15) is 25.3 Å². The molecule has 1 saturated heterocycles. The molecule has 20 heavy (non-hydrogen) atoms. The van der Waals surface area contributed by atoms with E-state index in [1.807, 2.05) is 6.07 Å². The summed E-state index contributed by atoms with van der Waals surface area (Å²) in [6, 6.07) is 8.29. The van der Waals surface area contributed by atoms with Gasteiger partial charge in [-0.1, -0.05) is 19.1 Å². The highest BCUT2D eigenvalue weighted by Crippen LogP contribution is 2.14. The molecule has 0 amide bonds. The minimum atomic E-state index is 0.780. The predicted molar refractivity (Wildman–Crippen MR) is 84.4 cm³/mol. The Morgan fingerprint density at radius 2 is 2.10 bits per heavy atom. The van der Waals surface area contributed by atoms with Gasteiger partial charge in [0.2, 0.25) is 0 Å². The number of hydrogen-bond donors (Lipinski definition) is 1. The van der Waals surface area contributed by atoms with Crippen molar-refractivity contribution in [3.8, 4) is 5.75 Å². The first kappa shape index (κ1) is 15.3. The number of likely N-dealkylation sites (N-methyl/N-ethyl adjacent to an activating group) is 1. The summed E-state index contributed by atoms with van der Waals surface area (Å²) in [6.07, 6.45) is 2.63. The molecule has 0 atom stereocenters. The maximum absolute atomic E-state index is 5.85. The Kier molecular flexibility index (Phi) is 6.34. The summed E-state index contributed by atoms with van der Waals surface area (Å²) in [5.74, 6) is 1.85. The topological polar surface area (TPSA) is 24.5 Å². The van der Waals surface area contributed by atoms with Gasteiger partial charge in [-0.3, -0.25) is 4.90 Å². The molecule has 1 aliphatic heterocycles. The van der Waals surface area contributed by atoms with E-state index in [9.17, 15) is 0 Å². The van der Waals surface area contributed by atoms with Gasteiger partial charge in [-0.2, -0.15) is 0 Å². The molecule has 1 N–H and O–H groups in total. The average Bonchev–Trinajstić information content (AvgIpc) is 2.47. The number of nitrogens with zero attached hydrogens (tertiary/aromatic N) is 1. The lowest BCUT2D eigenvalue weighted by atomic mass is 9.97. The van der Waals surface area contributed by atoms with Crippen LogP contribution < -0.4 is 10.1 Å². The fraction of sp³-hybridized carbons (Fsp3) is 0.647. The third-order valence-corrected chi connectivity index (χ3v) is 4.09. The van der Waals surface area contributed by atoms with Crippen LogP contribution in [0.25, 0.3) is 0 Å². The van der Waals surface area contributed by atoms with Gasteiger partial charge in [-0.25, -0.2) is 0 Å². The Hall–Kier alpha value is -1.06. The lowest BCUT2D eigenvalue weighted by Crippen LogP contribution is -2.37. The number of ether oxygens (including phenoxy) is 1. The molecule has 2 rings (SSSR count). The zero-order valence-corrected chi connectivity index (χ0v) is 12.9. The summed E-state index contributed by atoms with van der Waals surface area (Å²) in [5, 5.41) is 3.43. The molecule has 0 radical (unpaired) electrons. The smallest absolute Gasteiger partial charge is 0.119 e. The molecule has 1 heterocycles. The Labute approximate surface area is 123 Å². The van der Waals surface area contributed by atoms with Gasteiger partial charge in [0.1, 0.15) is 12.4 Å². The molecule has 0 unspecified atom stereocenters. The van der Waals surface area contributed by atoms with Gasteiger partial charge in [0.05, 0.1) is 0 Å². The van der Waals surface area contributed by atoms with E-state index in [2.05, 4.69) is 42.3 Å². The van der Waals surface area contributed by atoms with Crippen LogP contribution in [0.2, 0.25) is 0 Å². The summed E-state index contributed by atoms with van der Waals surface area (Å²) < 4.78 is 5.85. The Bertz CT molecular complexity index is 388. The first-order valence-electron chi connectivity index (χ1n) is 7.90. The van der Waals surface area contributed by atoms with Gasteiger partial charge in [0.25, 0.3) is 0 Å². The summed E-state index contributed by atoms with van der Waals surface area (Å²) in [6.45, 7) is 10.8. The van der Waals surface area contributed by atoms with Crippen LogP contribution >= 0.6 is 0 Å². The highest BCUT2D eigenvalue weighted by Gasteiger charge is 2.15. The van der Waals surface area contributed by atoms with E-state index in [4.69, 9.17) is 4.74 Å². The van der Waals surface area contributed by atoms with Crippen molar-refractivity contribution in [2.75, 3.05) is 39.3 Å². The number of benzene rings is 1. The number of nitrogens with one attached hydrogen (secondary N) is 1. The van der Waals surface area contributed by atoms with Crippen molar-refractivity contribution in [2.24, 2.45) is 5.92 Å². The van der Waals surface area contributed by atoms with Gasteiger partial charge in [-0.05, 0) is 63.0 Å². The fourth-order valence-corrected chi connectivity index (χ4v) is 2.81. The van der Waals surface area contributed by atoms with E-state index in [1.165, 1.54) is 38.0 Å². The molecule has 112 valence electrons. The second-order valence-corrected chi connectivity index (χ2v) is 5.75. The monoisotopic (exact) mass is 276 g/mol. The third-order valence-electron chi connectivity index (χ3n) is 4.09. The minimum absolute atomic E-state index is 0.780. The van der Waals surface area contributed by atoms with E-state index in [1.54, 1.807) is 0 Å². The van der Waals surface area contributed by atoms with Crippen LogP contribution in [0.4, 0.5) is 0 Å². The molecule has 3 heteroatoms. The maximum Gasteiger partial charge on any atom is 0.119 e. The van der Waals surface area contributed by atoms with E-state index in [0.717, 1.165) is 31.4 Å². The highest BCUT2D eigenvalue weighted by molar-refractivity contribution is 5.27. The lowest BCUT2D eigenvalue weighted by Gasteiger charge is -2.29. The quantitative estimate of drug-likeness (QED) is 0.828. The van der Waals surface area contributed by atoms with Gasteiger partial charge >= 0.3 is 0 Å². The molecule has 1 aromatic carbocycles. The largest absolute Gasteiger partial charge is 0.492 e. The molecule has 1 aromatic rings. The van der Waals surface area contributed by atoms with Crippen LogP contribution in [0, 0.1) is 12.8 Å². The van der Waals surface area contributed by atoms with Crippen molar-refractivity contribution in [3.63, 3.8) is 0 Å². The summed E-state index contributed by atoms with van der Waals surface area (Å²) in [4.78, 5) is 2.52. The second kappa shape index (κ2) is 8.28. The van der Waals surface area contributed by atoms with Crippen LogP contribution in [0.15, 0.2) is 24.3 Å². The fourth-order valence-electron chi connectivity index (χ4n) is 2.81. The summed E-state index contributed by atoms with van der Waals surface area (Å²) in [5.41, 5.74) is 1.25. The average molecular weight is 276 g/mol. The molecule has 0 aromatic heterocycles. The predicted octanol–water partition coefficient (Wildman–Crippen LogP) is 2.70. The number of piperidine rings is 1. The van der Waals surface area contributed by atoms with E-state index >= 15 is 0 Å². The van der Waals surface area contributed by atoms with Crippen molar-refractivity contribution >= 4 is 0 Å². The van der Waals surface area contributed by atoms with Crippen molar-refractivity contribution in [1.82, 2.24) is 10.2 Å². The van der Waals surface area contributed by atoms with Gasteiger partial charge in [0.15, 0.2) is 0 Å². The van der Waals surface area contributed by atoms with Crippen LogP contribution in [-0.4, -0.2) is 44.2 Å². The molecule has 0 aliphatic carbocycles. The zero-order chi connectivity index (χ0) is 14.2. The van der Waals surface area contributed by atoms with Crippen molar-refractivity contribution in [2.45, 2.75) is 26.7 Å². The minimum Gasteiger partial charge on any atom is -0.492 e. The second-order valence-electron chi connectivity index (χ2n) is 5.75. The SMILES string of the molecule is CCN(CCOc1cccc(C)c1)CC1CCNCC1. The summed E-state index contributed by atoms with van der Waals surface area (Å²) >= 11 is 0. The normalized spacial score (nSPS) is 16.6. The Balaban J connectivity index is 1.70. The Morgan fingerprint density at radius 3 is 2.80 bits per heavy atom. The third kappa shape index (κ3) is 5.14. The highest BCUT2D eigenvalue weighted by atomic mass is 16.5. The number of rotatable bonds is 7. The molecule has 3 nitrogen and oxygen atoms in total.